The molecule has 1 aromatic rings. The minimum Gasteiger partial charge on any atom is -0.308 e. The Kier molecular flexibility index (Phi) is 7.56. The average Bonchev–Trinajstić information content (AvgIpc) is 2.38. The number of rotatable bonds is 9. The summed E-state index contributed by atoms with van der Waals surface area (Å²) < 4.78 is 0. The Balaban J connectivity index is 2.33. The molecular formula is C14H25N3. The first-order valence-electron chi connectivity index (χ1n) is 6.88. The minimum atomic E-state index is 0.322. The summed E-state index contributed by atoms with van der Waals surface area (Å²) in [6.07, 6.45) is 11.4. The van der Waals surface area contributed by atoms with Crippen LogP contribution in [0.15, 0.2) is 18.5 Å². The van der Waals surface area contributed by atoms with Crippen LogP contribution < -0.4 is 5.32 Å². The van der Waals surface area contributed by atoms with Crippen molar-refractivity contribution in [2.75, 3.05) is 6.54 Å². The molecule has 1 aromatic heterocycles. The van der Waals surface area contributed by atoms with Crippen molar-refractivity contribution in [1.29, 1.82) is 0 Å². The highest BCUT2D eigenvalue weighted by molar-refractivity contribution is 4.95. The predicted octanol–water partition coefficient (Wildman–Crippen LogP) is 3.49. The van der Waals surface area contributed by atoms with Gasteiger partial charge in [-0.15, -0.1) is 0 Å². The van der Waals surface area contributed by atoms with Crippen molar-refractivity contribution in [1.82, 2.24) is 15.3 Å². The Labute approximate surface area is 105 Å². The summed E-state index contributed by atoms with van der Waals surface area (Å²) >= 11 is 0. The van der Waals surface area contributed by atoms with E-state index in [0.29, 0.717) is 6.04 Å². The van der Waals surface area contributed by atoms with Crippen LogP contribution in [0.2, 0.25) is 0 Å². The van der Waals surface area contributed by atoms with Gasteiger partial charge in [0.2, 0.25) is 0 Å². The predicted molar refractivity (Wildman–Crippen MR) is 71.8 cm³/mol. The van der Waals surface area contributed by atoms with Gasteiger partial charge in [0.05, 0.1) is 6.04 Å². The van der Waals surface area contributed by atoms with Crippen LogP contribution in [0.25, 0.3) is 0 Å². The molecule has 0 saturated carbocycles. The smallest absolute Gasteiger partial charge is 0.145 e. The Morgan fingerprint density at radius 2 is 1.76 bits per heavy atom. The van der Waals surface area contributed by atoms with E-state index >= 15 is 0 Å². The number of aromatic nitrogens is 2. The third-order valence-corrected chi connectivity index (χ3v) is 2.94. The number of hydrogen-bond donors (Lipinski definition) is 1. The van der Waals surface area contributed by atoms with Crippen LogP contribution in [0.1, 0.15) is 64.2 Å². The van der Waals surface area contributed by atoms with E-state index in [2.05, 4.69) is 29.1 Å². The van der Waals surface area contributed by atoms with Gasteiger partial charge in [0.15, 0.2) is 0 Å². The summed E-state index contributed by atoms with van der Waals surface area (Å²) in [4.78, 5) is 8.68. The van der Waals surface area contributed by atoms with E-state index in [9.17, 15) is 0 Å². The van der Waals surface area contributed by atoms with Crippen molar-refractivity contribution in [3.05, 3.63) is 24.3 Å². The molecule has 1 N–H and O–H groups in total. The first kappa shape index (κ1) is 14.1. The molecule has 3 heteroatoms. The highest BCUT2D eigenvalue weighted by Crippen LogP contribution is 2.16. The minimum absolute atomic E-state index is 0.322. The number of hydrogen-bond acceptors (Lipinski definition) is 3. The normalized spacial score (nSPS) is 12.6. The Morgan fingerprint density at radius 3 is 2.41 bits per heavy atom. The Morgan fingerprint density at radius 1 is 1.06 bits per heavy atom. The molecule has 3 nitrogen and oxygen atoms in total. The molecule has 1 unspecified atom stereocenters. The number of nitrogens with zero attached hydrogens (tertiary/aromatic N) is 2. The summed E-state index contributed by atoms with van der Waals surface area (Å²) in [5, 5.41) is 3.46. The number of unbranched alkanes of at least 4 members (excludes halogenated alkanes) is 4. The quantitative estimate of drug-likeness (QED) is 0.666. The molecule has 1 heterocycles. The highest BCUT2D eigenvalue weighted by atomic mass is 15.0. The SMILES string of the molecule is CCCCCCCC(NCC)c1ncccn1. The summed E-state index contributed by atoms with van der Waals surface area (Å²) in [7, 11) is 0. The second kappa shape index (κ2) is 9.11. The molecule has 96 valence electrons. The monoisotopic (exact) mass is 235 g/mol. The molecule has 0 bridgehead atoms. The van der Waals surface area contributed by atoms with E-state index in [1.165, 1.54) is 32.1 Å². The van der Waals surface area contributed by atoms with Gasteiger partial charge in [-0.05, 0) is 19.0 Å². The van der Waals surface area contributed by atoms with E-state index in [4.69, 9.17) is 0 Å². The lowest BCUT2D eigenvalue weighted by Gasteiger charge is -2.15. The van der Waals surface area contributed by atoms with Crippen molar-refractivity contribution in [3.63, 3.8) is 0 Å². The first-order chi connectivity index (χ1) is 8.38. The van der Waals surface area contributed by atoms with Crippen molar-refractivity contribution in [2.45, 2.75) is 58.4 Å². The Hall–Kier alpha value is -0.960. The zero-order valence-electron chi connectivity index (χ0n) is 11.2. The maximum atomic E-state index is 4.34. The van der Waals surface area contributed by atoms with Crippen LogP contribution in [0.5, 0.6) is 0 Å². The van der Waals surface area contributed by atoms with Crippen molar-refractivity contribution in [3.8, 4) is 0 Å². The molecule has 0 amide bonds. The van der Waals surface area contributed by atoms with Crippen LogP contribution in [0, 0.1) is 0 Å². The molecule has 1 atom stereocenters. The van der Waals surface area contributed by atoms with Gasteiger partial charge in [-0.2, -0.15) is 0 Å². The fraction of sp³-hybridized carbons (Fsp3) is 0.714. The first-order valence-corrected chi connectivity index (χ1v) is 6.88. The topological polar surface area (TPSA) is 37.8 Å². The second-order valence-corrected chi connectivity index (χ2v) is 4.42. The third-order valence-electron chi connectivity index (χ3n) is 2.94. The van der Waals surface area contributed by atoms with Crippen LogP contribution in [-0.4, -0.2) is 16.5 Å². The molecule has 0 aliphatic carbocycles. The van der Waals surface area contributed by atoms with Gasteiger partial charge in [-0.25, -0.2) is 9.97 Å². The summed E-state index contributed by atoms with van der Waals surface area (Å²) in [5.41, 5.74) is 0. The van der Waals surface area contributed by atoms with Gasteiger partial charge in [-0.3, -0.25) is 0 Å². The van der Waals surface area contributed by atoms with Crippen molar-refractivity contribution >= 4 is 0 Å². The molecule has 0 aromatic carbocycles. The molecule has 17 heavy (non-hydrogen) atoms. The van der Waals surface area contributed by atoms with E-state index in [-0.39, 0.29) is 0 Å². The number of nitrogens with one attached hydrogen (secondary N) is 1. The van der Waals surface area contributed by atoms with Gasteiger partial charge in [0, 0.05) is 12.4 Å². The van der Waals surface area contributed by atoms with E-state index in [0.717, 1.165) is 18.8 Å². The van der Waals surface area contributed by atoms with Crippen LogP contribution >= 0.6 is 0 Å². The molecule has 0 fully saturated rings. The molecule has 0 radical (unpaired) electrons. The van der Waals surface area contributed by atoms with E-state index in [1.807, 2.05) is 18.5 Å². The maximum absolute atomic E-state index is 4.34. The van der Waals surface area contributed by atoms with Gasteiger partial charge >= 0.3 is 0 Å². The Bertz CT molecular complexity index is 274. The third kappa shape index (κ3) is 5.78. The molecular weight excluding hydrogens is 210 g/mol. The molecule has 0 aliphatic heterocycles. The van der Waals surface area contributed by atoms with E-state index < -0.39 is 0 Å². The lowest BCUT2D eigenvalue weighted by Crippen LogP contribution is -2.22. The average molecular weight is 235 g/mol. The zero-order valence-corrected chi connectivity index (χ0v) is 11.2. The van der Waals surface area contributed by atoms with Gasteiger partial charge < -0.3 is 5.32 Å². The lowest BCUT2D eigenvalue weighted by molar-refractivity contribution is 0.460. The van der Waals surface area contributed by atoms with Crippen LogP contribution in [0.4, 0.5) is 0 Å². The van der Waals surface area contributed by atoms with Crippen LogP contribution in [0.3, 0.4) is 0 Å². The van der Waals surface area contributed by atoms with Gasteiger partial charge in [0.25, 0.3) is 0 Å². The molecule has 0 aliphatic rings. The molecule has 0 spiro atoms. The zero-order chi connectivity index (χ0) is 12.3. The molecule has 0 saturated heterocycles. The van der Waals surface area contributed by atoms with Crippen molar-refractivity contribution < 1.29 is 0 Å². The second-order valence-electron chi connectivity index (χ2n) is 4.42. The molecule has 1 rings (SSSR count). The van der Waals surface area contributed by atoms with Gasteiger partial charge in [0.1, 0.15) is 5.82 Å². The summed E-state index contributed by atoms with van der Waals surface area (Å²) in [5.74, 6) is 0.935. The largest absolute Gasteiger partial charge is 0.308 e. The van der Waals surface area contributed by atoms with Crippen molar-refractivity contribution in [2.24, 2.45) is 0 Å². The highest BCUT2D eigenvalue weighted by Gasteiger charge is 2.11. The van der Waals surface area contributed by atoms with Gasteiger partial charge in [-0.1, -0.05) is 46.0 Å². The summed E-state index contributed by atoms with van der Waals surface area (Å²) in [6, 6.07) is 2.19. The fourth-order valence-corrected chi connectivity index (χ4v) is 2.01. The lowest BCUT2D eigenvalue weighted by atomic mass is 10.1. The van der Waals surface area contributed by atoms with Crippen LogP contribution in [-0.2, 0) is 0 Å². The summed E-state index contributed by atoms with van der Waals surface area (Å²) in [6.45, 7) is 5.35. The standard InChI is InChI=1S/C14H25N3/c1-3-5-6-7-8-10-13(15-4-2)14-16-11-9-12-17-14/h9,11-13,15H,3-8,10H2,1-2H3. The fourth-order valence-electron chi connectivity index (χ4n) is 2.01. The maximum Gasteiger partial charge on any atom is 0.145 e. The van der Waals surface area contributed by atoms with E-state index in [1.54, 1.807) is 0 Å².